The van der Waals surface area contributed by atoms with Crippen LogP contribution in [-0.4, -0.2) is 18.4 Å². The molecule has 4 nitrogen and oxygen atoms in total. The number of ether oxygens (including phenoxy) is 1. The molecule has 1 N–H and O–H groups in total. The second-order valence-corrected chi connectivity index (χ2v) is 7.61. The van der Waals surface area contributed by atoms with E-state index < -0.39 is 0 Å². The first-order chi connectivity index (χ1) is 11.9. The van der Waals surface area contributed by atoms with E-state index in [1.54, 1.807) is 19.2 Å². The van der Waals surface area contributed by atoms with Gasteiger partial charge in [0.15, 0.2) is 6.29 Å². The minimum Gasteiger partial charge on any atom is -0.496 e. The zero-order valence-corrected chi connectivity index (χ0v) is 16.0. The molecule has 0 bridgehead atoms. The maximum atomic E-state index is 11.8. The molecule has 1 aromatic carbocycles. The number of carbonyl (C=O) groups excluding carboxylic acids is 1. The monoisotopic (exact) mass is 398 g/mol. The summed E-state index contributed by atoms with van der Waals surface area (Å²) >= 11 is 3.56. The summed E-state index contributed by atoms with van der Waals surface area (Å²) in [6, 6.07) is 7.51. The summed E-state index contributed by atoms with van der Waals surface area (Å²) in [7, 11) is 1.65. The van der Waals surface area contributed by atoms with Crippen LogP contribution >= 0.6 is 15.9 Å². The summed E-state index contributed by atoms with van der Waals surface area (Å²) in [6.45, 7) is 4.26. The first-order valence-electron chi connectivity index (χ1n) is 8.05. The maximum Gasteiger partial charge on any atom is 0.152 e. The van der Waals surface area contributed by atoms with Gasteiger partial charge in [0.2, 0.25) is 0 Å². The lowest BCUT2D eigenvalue weighted by molar-refractivity contribution is 0.112. The van der Waals surface area contributed by atoms with Crippen molar-refractivity contribution < 1.29 is 9.53 Å². The van der Waals surface area contributed by atoms with Crippen LogP contribution < -0.4 is 0 Å². The van der Waals surface area contributed by atoms with Crippen molar-refractivity contribution in [2.75, 3.05) is 7.11 Å². The topological polar surface area (TPSA) is 65.9 Å². The van der Waals surface area contributed by atoms with Crippen LogP contribution in [0.15, 0.2) is 40.6 Å². The number of aromatic amines is 1. The third-order valence-corrected chi connectivity index (χ3v) is 5.67. The number of halogens is 1. The van der Waals surface area contributed by atoms with E-state index in [2.05, 4.69) is 53.0 Å². The zero-order chi connectivity index (χ0) is 18.2. The highest BCUT2D eigenvalue weighted by molar-refractivity contribution is 9.11. The summed E-state index contributed by atoms with van der Waals surface area (Å²) in [5, 5.41) is 9.96. The number of allylic oxidation sites excluding steroid dienone is 3. The molecule has 1 heterocycles. The van der Waals surface area contributed by atoms with Crippen molar-refractivity contribution in [3.05, 3.63) is 57.4 Å². The van der Waals surface area contributed by atoms with Crippen molar-refractivity contribution in [3.8, 4) is 6.07 Å². The highest BCUT2D eigenvalue weighted by Crippen LogP contribution is 2.42. The van der Waals surface area contributed by atoms with E-state index >= 15 is 0 Å². The minimum atomic E-state index is -0.295. The fourth-order valence-corrected chi connectivity index (χ4v) is 4.09. The molecule has 0 saturated heterocycles. The molecule has 0 amide bonds. The van der Waals surface area contributed by atoms with Gasteiger partial charge in [-0.05, 0) is 46.5 Å². The van der Waals surface area contributed by atoms with Gasteiger partial charge in [-0.1, -0.05) is 26.0 Å². The second kappa shape index (κ2) is 6.53. The summed E-state index contributed by atoms with van der Waals surface area (Å²) in [4.78, 5) is 15.2. The summed E-state index contributed by atoms with van der Waals surface area (Å²) in [5.41, 5.74) is 2.65. The number of nitrogens with zero attached hydrogens (tertiary/aromatic N) is 1. The SMILES string of the molecule is COC1=CCC(C(C)(C)c2[nH]c3cc(C#N)ccc3c2C=O)C=C1Br. The molecule has 0 fully saturated rings. The first-order valence-corrected chi connectivity index (χ1v) is 8.85. The van der Waals surface area contributed by atoms with Gasteiger partial charge in [0.05, 0.1) is 23.2 Å². The predicted molar refractivity (Wildman–Crippen MR) is 102 cm³/mol. The Labute approximate surface area is 155 Å². The van der Waals surface area contributed by atoms with Crippen LogP contribution in [0.2, 0.25) is 0 Å². The highest BCUT2D eigenvalue weighted by Gasteiger charge is 2.35. The number of rotatable bonds is 4. The molecule has 1 aliphatic rings. The van der Waals surface area contributed by atoms with E-state index in [0.717, 1.165) is 39.5 Å². The maximum absolute atomic E-state index is 11.8. The van der Waals surface area contributed by atoms with Crippen molar-refractivity contribution in [3.63, 3.8) is 0 Å². The number of fused-ring (bicyclic) bond motifs is 1. The third kappa shape index (κ3) is 2.91. The average molecular weight is 399 g/mol. The first kappa shape index (κ1) is 17.5. The fourth-order valence-electron chi connectivity index (χ4n) is 3.45. The molecule has 5 heteroatoms. The van der Waals surface area contributed by atoms with Crippen molar-refractivity contribution in [1.82, 2.24) is 4.98 Å². The molecule has 0 aliphatic heterocycles. The number of methoxy groups -OCH3 is 1. The molecule has 0 spiro atoms. The number of aldehydes is 1. The molecular weight excluding hydrogens is 380 g/mol. The lowest BCUT2D eigenvalue weighted by Crippen LogP contribution is -2.30. The van der Waals surface area contributed by atoms with Crippen molar-refractivity contribution in [2.45, 2.75) is 25.7 Å². The van der Waals surface area contributed by atoms with E-state index in [9.17, 15) is 4.79 Å². The van der Waals surface area contributed by atoms with Crippen molar-refractivity contribution >= 4 is 33.1 Å². The Kier molecular flexibility index (Phi) is 4.57. The Morgan fingerprint density at radius 1 is 1.44 bits per heavy atom. The van der Waals surface area contributed by atoms with Gasteiger partial charge in [0.25, 0.3) is 0 Å². The predicted octanol–water partition coefficient (Wildman–Crippen LogP) is 4.96. The quantitative estimate of drug-likeness (QED) is 0.740. The van der Waals surface area contributed by atoms with Gasteiger partial charge in [-0.2, -0.15) is 5.26 Å². The van der Waals surface area contributed by atoms with Crippen molar-refractivity contribution in [2.24, 2.45) is 5.92 Å². The molecule has 25 heavy (non-hydrogen) atoms. The van der Waals surface area contributed by atoms with Crippen LogP contribution in [0.3, 0.4) is 0 Å². The summed E-state index contributed by atoms with van der Waals surface area (Å²) in [6.07, 6.45) is 5.93. The Balaban J connectivity index is 2.10. The molecule has 1 atom stereocenters. The van der Waals surface area contributed by atoms with Gasteiger partial charge < -0.3 is 9.72 Å². The Morgan fingerprint density at radius 3 is 2.80 bits per heavy atom. The molecule has 128 valence electrons. The normalized spacial score (nSPS) is 17.6. The second-order valence-electron chi connectivity index (χ2n) is 6.75. The Hall–Kier alpha value is -2.32. The highest BCUT2D eigenvalue weighted by atomic mass is 79.9. The van der Waals surface area contributed by atoms with Crippen LogP contribution in [0.4, 0.5) is 0 Å². The largest absolute Gasteiger partial charge is 0.496 e. The van der Waals surface area contributed by atoms with E-state index in [1.165, 1.54) is 0 Å². The minimum absolute atomic E-state index is 0.197. The number of hydrogen-bond donors (Lipinski definition) is 1. The smallest absolute Gasteiger partial charge is 0.152 e. The van der Waals surface area contributed by atoms with Crippen LogP contribution in [0.25, 0.3) is 10.9 Å². The zero-order valence-electron chi connectivity index (χ0n) is 14.4. The van der Waals surface area contributed by atoms with Gasteiger partial charge in [-0.25, -0.2) is 0 Å². The van der Waals surface area contributed by atoms with Crippen LogP contribution in [0.5, 0.6) is 0 Å². The number of H-pyrrole nitrogens is 1. The number of carbonyl (C=O) groups is 1. The third-order valence-electron chi connectivity index (χ3n) is 5.02. The average Bonchev–Trinajstić information content (AvgIpc) is 2.99. The Bertz CT molecular complexity index is 944. The number of benzene rings is 1. The lowest BCUT2D eigenvalue weighted by atomic mass is 9.72. The van der Waals surface area contributed by atoms with Gasteiger partial charge in [-0.3, -0.25) is 4.79 Å². The lowest BCUT2D eigenvalue weighted by Gasteiger charge is -2.34. The van der Waals surface area contributed by atoms with Crippen LogP contribution in [0.1, 0.15) is 41.9 Å². The molecule has 1 aromatic heterocycles. The molecule has 1 unspecified atom stereocenters. The van der Waals surface area contributed by atoms with Gasteiger partial charge in [0.1, 0.15) is 5.76 Å². The molecule has 3 rings (SSSR count). The van der Waals surface area contributed by atoms with Crippen LogP contribution in [-0.2, 0) is 10.2 Å². The number of aromatic nitrogens is 1. The number of hydrogen-bond acceptors (Lipinski definition) is 3. The van der Waals surface area contributed by atoms with E-state index in [0.29, 0.717) is 11.1 Å². The molecule has 2 aromatic rings. The number of nitrogens with one attached hydrogen (secondary N) is 1. The van der Waals surface area contributed by atoms with E-state index in [-0.39, 0.29) is 11.3 Å². The Morgan fingerprint density at radius 2 is 2.20 bits per heavy atom. The molecule has 1 aliphatic carbocycles. The molecular formula is C20H19BrN2O2. The van der Waals surface area contributed by atoms with Crippen LogP contribution in [0, 0.1) is 17.2 Å². The molecule has 0 radical (unpaired) electrons. The summed E-state index contributed by atoms with van der Waals surface area (Å²) < 4.78 is 6.27. The van der Waals surface area contributed by atoms with E-state index in [1.807, 2.05) is 6.07 Å². The summed E-state index contributed by atoms with van der Waals surface area (Å²) in [5.74, 6) is 1.03. The number of nitriles is 1. The van der Waals surface area contributed by atoms with Crippen molar-refractivity contribution in [1.29, 1.82) is 5.26 Å². The standard InChI is InChI=1S/C20H19BrN2O2/c1-20(2,13-5-7-18(25-3)16(21)9-13)19-15(11-24)14-6-4-12(10-22)8-17(14)23-19/h4,6-9,11,13,23H,5H2,1-3H3. The van der Waals surface area contributed by atoms with E-state index in [4.69, 9.17) is 10.00 Å². The van der Waals surface area contributed by atoms with Gasteiger partial charge in [-0.15, -0.1) is 0 Å². The van der Waals surface area contributed by atoms with Gasteiger partial charge >= 0.3 is 0 Å². The molecule has 0 saturated carbocycles. The fraction of sp³-hybridized carbons (Fsp3) is 0.300. The van der Waals surface area contributed by atoms with Gasteiger partial charge in [0, 0.05) is 27.6 Å².